The maximum Gasteiger partial charge on any atom is 0.236 e. The first kappa shape index (κ1) is 12.8. The molecule has 1 amide bonds. The predicted molar refractivity (Wildman–Crippen MR) is 73.5 cm³/mol. The number of nitrogens with zero attached hydrogens (tertiary/aromatic N) is 3. The topological polar surface area (TPSA) is 83.0 Å². The van der Waals surface area contributed by atoms with E-state index in [4.69, 9.17) is 5.73 Å². The number of pyridine rings is 1. The van der Waals surface area contributed by atoms with Crippen LogP contribution in [0.2, 0.25) is 0 Å². The molecule has 1 aromatic heterocycles. The van der Waals surface area contributed by atoms with Gasteiger partial charge in [-0.05, 0) is 13.0 Å². The maximum atomic E-state index is 11.2. The molecule has 96 valence electrons. The van der Waals surface area contributed by atoms with E-state index in [2.05, 4.69) is 11.1 Å². The molecule has 2 N–H and O–H groups in total. The van der Waals surface area contributed by atoms with Crippen LogP contribution in [0, 0.1) is 11.3 Å². The summed E-state index contributed by atoms with van der Waals surface area (Å²) in [5.74, 6) is -0.424. The highest BCUT2D eigenvalue weighted by molar-refractivity contribution is 5.96. The zero-order chi connectivity index (χ0) is 13.8. The summed E-state index contributed by atoms with van der Waals surface area (Å²) in [6, 6.07) is 9.65. The Balaban J connectivity index is 2.67. The number of nitrogens with two attached hydrogens (primary N) is 1. The number of para-hydroxylation sites is 1. The molecule has 0 atom stereocenters. The van der Waals surface area contributed by atoms with E-state index < -0.39 is 5.91 Å². The van der Waals surface area contributed by atoms with Gasteiger partial charge in [-0.25, -0.2) is 0 Å². The van der Waals surface area contributed by atoms with Crippen molar-refractivity contribution in [2.75, 3.05) is 18.0 Å². The van der Waals surface area contributed by atoms with Gasteiger partial charge in [0.05, 0.1) is 23.3 Å². The third kappa shape index (κ3) is 2.47. The molecule has 5 heteroatoms. The molecule has 1 heterocycles. The molecule has 0 spiro atoms. The average molecular weight is 254 g/mol. The number of hydrogen-bond donors (Lipinski definition) is 1. The van der Waals surface area contributed by atoms with E-state index in [1.54, 1.807) is 4.90 Å². The average Bonchev–Trinajstić information content (AvgIpc) is 2.43. The van der Waals surface area contributed by atoms with Crippen LogP contribution >= 0.6 is 0 Å². The SMILES string of the molecule is CCN(CC(N)=O)c1c(C#N)cnc2ccccc12. The van der Waals surface area contributed by atoms with Crippen LogP contribution < -0.4 is 10.6 Å². The summed E-state index contributed by atoms with van der Waals surface area (Å²) < 4.78 is 0. The minimum Gasteiger partial charge on any atom is -0.368 e. The van der Waals surface area contributed by atoms with Gasteiger partial charge in [-0.3, -0.25) is 9.78 Å². The van der Waals surface area contributed by atoms with E-state index in [9.17, 15) is 10.1 Å². The molecular formula is C14H14N4O. The van der Waals surface area contributed by atoms with Crippen LogP contribution in [0.5, 0.6) is 0 Å². The largest absolute Gasteiger partial charge is 0.368 e. The van der Waals surface area contributed by atoms with E-state index in [-0.39, 0.29) is 6.54 Å². The van der Waals surface area contributed by atoms with Crippen molar-refractivity contribution in [1.82, 2.24) is 4.98 Å². The van der Waals surface area contributed by atoms with Crippen molar-refractivity contribution in [3.8, 4) is 6.07 Å². The molecule has 19 heavy (non-hydrogen) atoms. The van der Waals surface area contributed by atoms with Gasteiger partial charge in [0, 0.05) is 18.1 Å². The molecule has 2 aromatic rings. The van der Waals surface area contributed by atoms with Crippen molar-refractivity contribution in [3.05, 3.63) is 36.0 Å². The first-order valence-corrected chi connectivity index (χ1v) is 5.98. The van der Waals surface area contributed by atoms with Gasteiger partial charge < -0.3 is 10.6 Å². The summed E-state index contributed by atoms with van der Waals surface area (Å²) in [5.41, 5.74) is 7.22. The number of benzene rings is 1. The first-order valence-electron chi connectivity index (χ1n) is 5.98. The van der Waals surface area contributed by atoms with E-state index in [0.717, 1.165) is 16.6 Å². The van der Waals surface area contributed by atoms with Crippen LogP contribution in [-0.4, -0.2) is 24.0 Å². The minimum absolute atomic E-state index is 0.0825. The monoisotopic (exact) mass is 254 g/mol. The summed E-state index contributed by atoms with van der Waals surface area (Å²) in [7, 11) is 0. The number of anilines is 1. The number of carbonyl (C=O) groups is 1. The number of carbonyl (C=O) groups excluding carboxylic acids is 1. The van der Waals surface area contributed by atoms with E-state index in [0.29, 0.717) is 12.1 Å². The highest BCUT2D eigenvalue weighted by Crippen LogP contribution is 2.28. The summed E-state index contributed by atoms with van der Waals surface area (Å²) in [6.07, 6.45) is 1.53. The van der Waals surface area contributed by atoms with E-state index >= 15 is 0 Å². The van der Waals surface area contributed by atoms with Gasteiger partial charge in [0.25, 0.3) is 0 Å². The second-order valence-electron chi connectivity index (χ2n) is 4.13. The van der Waals surface area contributed by atoms with Crippen molar-refractivity contribution >= 4 is 22.5 Å². The van der Waals surface area contributed by atoms with Crippen LogP contribution in [0.15, 0.2) is 30.5 Å². The Hall–Kier alpha value is -2.61. The number of amides is 1. The van der Waals surface area contributed by atoms with Crippen LogP contribution in [0.3, 0.4) is 0 Å². The fourth-order valence-corrected chi connectivity index (χ4v) is 2.09. The molecule has 0 aliphatic rings. The van der Waals surface area contributed by atoms with Crippen molar-refractivity contribution in [2.24, 2.45) is 5.73 Å². The zero-order valence-electron chi connectivity index (χ0n) is 10.6. The minimum atomic E-state index is -0.424. The van der Waals surface area contributed by atoms with Crippen molar-refractivity contribution in [3.63, 3.8) is 0 Å². The Bertz CT molecular complexity index is 660. The van der Waals surface area contributed by atoms with Gasteiger partial charge in [0.2, 0.25) is 5.91 Å². The second-order valence-corrected chi connectivity index (χ2v) is 4.13. The molecule has 5 nitrogen and oxygen atoms in total. The molecule has 1 aromatic carbocycles. The summed E-state index contributed by atoms with van der Waals surface area (Å²) in [6.45, 7) is 2.59. The smallest absolute Gasteiger partial charge is 0.236 e. The fourth-order valence-electron chi connectivity index (χ4n) is 2.09. The zero-order valence-corrected chi connectivity index (χ0v) is 10.6. The lowest BCUT2D eigenvalue weighted by Gasteiger charge is -2.23. The van der Waals surface area contributed by atoms with Crippen LogP contribution in [-0.2, 0) is 4.79 Å². The number of primary amides is 1. The molecule has 0 radical (unpaired) electrons. The lowest BCUT2D eigenvalue weighted by Crippen LogP contribution is -2.34. The lowest BCUT2D eigenvalue weighted by atomic mass is 10.1. The number of likely N-dealkylation sites (N-methyl/N-ethyl adjacent to an activating group) is 1. The summed E-state index contributed by atoms with van der Waals surface area (Å²) in [4.78, 5) is 17.2. The lowest BCUT2D eigenvalue weighted by molar-refractivity contribution is -0.116. The highest BCUT2D eigenvalue weighted by Gasteiger charge is 2.16. The molecule has 0 aliphatic carbocycles. The Kier molecular flexibility index (Phi) is 3.62. The van der Waals surface area contributed by atoms with Crippen LogP contribution in [0.1, 0.15) is 12.5 Å². The molecule has 0 bridgehead atoms. The number of nitriles is 1. The number of rotatable bonds is 4. The summed E-state index contributed by atoms with van der Waals surface area (Å²) in [5, 5.41) is 10.1. The van der Waals surface area contributed by atoms with Gasteiger partial charge in [-0.2, -0.15) is 5.26 Å². The van der Waals surface area contributed by atoms with Gasteiger partial charge >= 0.3 is 0 Å². The molecular weight excluding hydrogens is 240 g/mol. The second kappa shape index (κ2) is 5.36. The molecule has 0 unspecified atom stereocenters. The molecule has 0 saturated heterocycles. The number of aromatic nitrogens is 1. The molecule has 0 saturated carbocycles. The van der Waals surface area contributed by atoms with Gasteiger partial charge in [-0.15, -0.1) is 0 Å². The van der Waals surface area contributed by atoms with Crippen molar-refractivity contribution in [1.29, 1.82) is 5.26 Å². The van der Waals surface area contributed by atoms with Gasteiger partial charge in [0.1, 0.15) is 6.07 Å². The van der Waals surface area contributed by atoms with E-state index in [1.165, 1.54) is 6.20 Å². The van der Waals surface area contributed by atoms with Gasteiger partial charge in [0.15, 0.2) is 0 Å². The number of fused-ring (bicyclic) bond motifs is 1. The Morgan fingerprint density at radius 1 is 1.47 bits per heavy atom. The fraction of sp³-hybridized carbons (Fsp3) is 0.214. The highest BCUT2D eigenvalue weighted by atomic mass is 16.1. The third-order valence-corrected chi connectivity index (χ3v) is 2.91. The Labute approximate surface area is 111 Å². The Morgan fingerprint density at radius 2 is 2.21 bits per heavy atom. The first-order chi connectivity index (χ1) is 9.17. The number of hydrogen-bond acceptors (Lipinski definition) is 4. The van der Waals surface area contributed by atoms with Crippen molar-refractivity contribution in [2.45, 2.75) is 6.92 Å². The third-order valence-electron chi connectivity index (χ3n) is 2.91. The standard InChI is InChI=1S/C14H14N4O/c1-2-18(9-13(16)19)14-10(7-15)8-17-12-6-4-3-5-11(12)14/h3-6,8H,2,9H2,1H3,(H2,16,19). The van der Waals surface area contributed by atoms with Crippen molar-refractivity contribution < 1.29 is 4.79 Å². The van der Waals surface area contributed by atoms with Gasteiger partial charge in [-0.1, -0.05) is 18.2 Å². The van der Waals surface area contributed by atoms with Crippen LogP contribution in [0.25, 0.3) is 10.9 Å². The quantitative estimate of drug-likeness (QED) is 0.894. The maximum absolute atomic E-state index is 11.2. The Morgan fingerprint density at radius 3 is 2.84 bits per heavy atom. The van der Waals surface area contributed by atoms with E-state index in [1.807, 2.05) is 31.2 Å². The van der Waals surface area contributed by atoms with Crippen LogP contribution in [0.4, 0.5) is 5.69 Å². The molecule has 0 fully saturated rings. The summed E-state index contributed by atoms with van der Waals surface area (Å²) >= 11 is 0. The normalized spacial score (nSPS) is 10.1. The molecule has 2 rings (SSSR count). The predicted octanol–water partition coefficient (Wildman–Crippen LogP) is 1.42. The molecule has 0 aliphatic heterocycles.